The van der Waals surface area contributed by atoms with E-state index in [1.54, 1.807) is 12.1 Å². The van der Waals surface area contributed by atoms with Gasteiger partial charge in [0.15, 0.2) is 0 Å². The van der Waals surface area contributed by atoms with E-state index in [2.05, 4.69) is 9.97 Å². The smallest absolute Gasteiger partial charge is 0.337 e. The summed E-state index contributed by atoms with van der Waals surface area (Å²) in [4.78, 5) is 18.5. The molecule has 0 amide bonds. The van der Waals surface area contributed by atoms with Crippen LogP contribution in [-0.2, 0) is 0 Å². The van der Waals surface area contributed by atoms with Crippen LogP contribution in [0.5, 0.6) is 0 Å². The Bertz CT molecular complexity index is 541. The lowest BCUT2D eigenvalue weighted by Gasteiger charge is -1.93. The number of H-pyrrole nitrogens is 1. The summed E-state index contributed by atoms with van der Waals surface area (Å²) in [5.74, 6) is 0.521. The number of hydrogen-bond acceptors (Lipinski definition) is 2. The Hall–Kier alpha value is -1.84. The molecule has 1 aliphatic carbocycles. The van der Waals surface area contributed by atoms with E-state index >= 15 is 0 Å². The van der Waals surface area contributed by atoms with Crippen molar-refractivity contribution in [2.75, 3.05) is 0 Å². The molecule has 1 aromatic carbocycles. The second-order valence-electron chi connectivity index (χ2n) is 3.90. The van der Waals surface area contributed by atoms with E-state index in [0.717, 1.165) is 24.2 Å². The summed E-state index contributed by atoms with van der Waals surface area (Å²) in [6.45, 7) is 0. The van der Waals surface area contributed by atoms with Crippen molar-refractivity contribution >= 4 is 17.0 Å². The SMILES string of the molecule is O=C(O)c1cccc2[nH]c(C3CC3)nc12. The van der Waals surface area contributed by atoms with Gasteiger partial charge in [0.25, 0.3) is 0 Å². The molecule has 1 aliphatic rings. The first kappa shape index (κ1) is 8.47. The molecule has 0 atom stereocenters. The van der Waals surface area contributed by atoms with Gasteiger partial charge in [0.05, 0.1) is 11.1 Å². The van der Waals surface area contributed by atoms with E-state index in [1.807, 2.05) is 6.07 Å². The van der Waals surface area contributed by atoms with Gasteiger partial charge in [0.2, 0.25) is 0 Å². The molecule has 76 valence electrons. The fourth-order valence-corrected chi connectivity index (χ4v) is 1.77. The number of imidazole rings is 1. The monoisotopic (exact) mass is 202 g/mol. The summed E-state index contributed by atoms with van der Waals surface area (Å²) >= 11 is 0. The molecule has 4 heteroatoms. The number of nitrogens with one attached hydrogen (secondary N) is 1. The van der Waals surface area contributed by atoms with Gasteiger partial charge in [-0.3, -0.25) is 0 Å². The number of rotatable bonds is 2. The first-order chi connectivity index (χ1) is 7.25. The molecule has 0 saturated heterocycles. The molecule has 3 rings (SSSR count). The zero-order chi connectivity index (χ0) is 10.4. The van der Waals surface area contributed by atoms with Crippen LogP contribution in [0.2, 0.25) is 0 Å². The van der Waals surface area contributed by atoms with Crippen LogP contribution >= 0.6 is 0 Å². The topological polar surface area (TPSA) is 66.0 Å². The van der Waals surface area contributed by atoms with Gasteiger partial charge in [-0.1, -0.05) is 6.07 Å². The van der Waals surface area contributed by atoms with Gasteiger partial charge in [-0.15, -0.1) is 0 Å². The third kappa shape index (κ3) is 1.29. The van der Waals surface area contributed by atoms with Gasteiger partial charge in [-0.2, -0.15) is 0 Å². The highest BCUT2D eigenvalue weighted by atomic mass is 16.4. The van der Waals surface area contributed by atoms with Gasteiger partial charge in [0.1, 0.15) is 11.3 Å². The number of aromatic nitrogens is 2. The lowest BCUT2D eigenvalue weighted by atomic mass is 10.2. The fraction of sp³-hybridized carbons (Fsp3) is 0.273. The summed E-state index contributed by atoms with van der Waals surface area (Å²) in [6, 6.07) is 5.18. The van der Waals surface area contributed by atoms with E-state index in [-0.39, 0.29) is 5.56 Å². The molecule has 0 spiro atoms. The Morgan fingerprint density at radius 2 is 2.27 bits per heavy atom. The fourth-order valence-electron chi connectivity index (χ4n) is 1.77. The van der Waals surface area contributed by atoms with Crippen LogP contribution in [0.3, 0.4) is 0 Å². The standard InChI is InChI=1S/C11H10N2O2/c14-11(15)7-2-1-3-8-9(7)13-10(12-8)6-4-5-6/h1-3,6H,4-5H2,(H,12,13)(H,14,15). The van der Waals surface area contributed by atoms with Gasteiger partial charge in [-0.25, -0.2) is 9.78 Å². The third-order valence-corrected chi connectivity index (χ3v) is 2.73. The van der Waals surface area contributed by atoms with E-state index in [0.29, 0.717) is 11.4 Å². The minimum atomic E-state index is -0.922. The van der Waals surface area contributed by atoms with Crippen LogP contribution in [0, 0.1) is 0 Å². The number of hydrogen-bond donors (Lipinski definition) is 2. The molecular formula is C11H10N2O2. The molecule has 1 aromatic heterocycles. The van der Waals surface area contributed by atoms with E-state index in [4.69, 9.17) is 5.11 Å². The summed E-state index contributed by atoms with van der Waals surface area (Å²) in [5.41, 5.74) is 1.67. The molecule has 15 heavy (non-hydrogen) atoms. The summed E-state index contributed by atoms with van der Waals surface area (Å²) < 4.78 is 0. The number of carboxylic acid groups (broad SMARTS) is 1. The average molecular weight is 202 g/mol. The van der Waals surface area contributed by atoms with E-state index in [1.165, 1.54) is 0 Å². The van der Waals surface area contributed by atoms with Gasteiger partial charge < -0.3 is 10.1 Å². The van der Waals surface area contributed by atoms with Crippen molar-refractivity contribution < 1.29 is 9.90 Å². The normalized spacial score (nSPS) is 15.7. The van der Waals surface area contributed by atoms with E-state index < -0.39 is 5.97 Å². The molecule has 1 saturated carbocycles. The van der Waals surface area contributed by atoms with E-state index in [9.17, 15) is 4.79 Å². The average Bonchev–Trinajstić information content (AvgIpc) is 2.96. The number of nitrogens with zero attached hydrogens (tertiary/aromatic N) is 1. The zero-order valence-electron chi connectivity index (χ0n) is 8.03. The number of benzene rings is 1. The minimum absolute atomic E-state index is 0.274. The largest absolute Gasteiger partial charge is 0.478 e. The zero-order valence-corrected chi connectivity index (χ0v) is 8.03. The molecule has 0 aliphatic heterocycles. The molecule has 1 heterocycles. The molecule has 4 nitrogen and oxygen atoms in total. The molecule has 2 N–H and O–H groups in total. The highest BCUT2D eigenvalue weighted by Gasteiger charge is 2.27. The summed E-state index contributed by atoms with van der Waals surface area (Å²) in [5, 5.41) is 8.99. The van der Waals surface area contributed by atoms with Crippen molar-refractivity contribution in [3.05, 3.63) is 29.6 Å². The first-order valence-electron chi connectivity index (χ1n) is 4.97. The first-order valence-corrected chi connectivity index (χ1v) is 4.97. The van der Waals surface area contributed by atoms with Crippen molar-refractivity contribution in [1.29, 1.82) is 0 Å². The maximum Gasteiger partial charge on any atom is 0.337 e. The maximum atomic E-state index is 11.0. The molecule has 0 bridgehead atoms. The van der Waals surface area contributed by atoms with Crippen LogP contribution in [-0.4, -0.2) is 21.0 Å². The second-order valence-corrected chi connectivity index (χ2v) is 3.90. The van der Waals surface area contributed by atoms with Gasteiger partial charge in [0, 0.05) is 5.92 Å². The highest BCUT2D eigenvalue weighted by Crippen LogP contribution is 2.39. The quantitative estimate of drug-likeness (QED) is 0.784. The third-order valence-electron chi connectivity index (χ3n) is 2.73. The molecule has 0 unspecified atom stereocenters. The Labute approximate surface area is 86.0 Å². The molecule has 1 fully saturated rings. The van der Waals surface area contributed by atoms with Crippen LogP contribution in [0.1, 0.15) is 34.9 Å². The Morgan fingerprint density at radius 3 is 2.93 bits per heavy atom. The number of carbonyl (C=O) groups is 1. The summed E-state index contributed by atoms with van der Waals surface area (Å²) in [6.07, 6.45) is 2.31. The predicted molar refractivity (Wildman–Crippen MR) is 55.0 cm³/mol. The van der Waals surface area contributed by atoms with Crippen molar-refractivity contribution in [1.82, 2.24) is 9.97 Å². The molecular weight excluding hydrogens is 192 g/mol. The predicted octanol–water partition coefficient (Wildman–Crippen LogP) is 2.14. The van der Waals surface area contributed by atoms with Crippen molar-refractivity contribution in [2.45, 2.75) is 18.8 Å². The van der Waals surface area contributed by atoms with Gasteiger partial charge in [-0.05, 0) is 25.0 Å². The Balaban J connectivity index is 2.23. The number of para-hydroxylation sites is 1. The molecule has 0 radical (unpaired) electrons. The lowest BCUT2D eigenvalue weighted by molar-refractivity contribution is 0.0699. The number of carboxylic acids is 1. The maximum absolute atomic E-state index is 11.0. The minimum Gasteiger partial charge on any atom is -0.478 e. The molecule has 2 aromatic rings. The van der Waals surface area contributed by atoms with Crippen LogP contribution < -0.4 is 0 Å². The van der Waals surface area contributed by atoms with Crippen LogP contribution in [0.4, 0.5) is 0 Å². The van der Waals surface area contributed by atoms with Gasteiger partial charge >= 0.3 is 5.97 Å². The number of aromatic amines is 1. The van der Waals surface area contributed by atoms with Crippen LogP contribution in [0.15, 0.2) is 18.2 Å². The second kappa shape index (κ2) is 2.82. The van der Waals surface area contributed by atoms with Crippen molar-refractivity contribution in [3.8, 4) is 0 Å². The number of aromatic carboxylic acids is 1. The Morgan fingerprint density at radius 1 is 1.47 bits per heavy atom. The Kier molecular flexibility index (Phi) is 1.59. The number of fused-ring (bicyclic) bond motifs is 1. The summed E-state index contributed by atoms with van der Waals surface area (Å²) in [7, 11) is 0. The van der Waals surface area contributed by atoms with Crippen molar-refractivity contribution in [3.63, 3.8) is 0 Å². The van der Waals surface area contributed by atoms with Crippen LogP contribution in [0.25, 0.3) is 11.0 Å². The van der Waals surface area contributed by atoms with Crippen molar-refractivity contribution in [2.24, 2.45) is 0 Å². The highest BCUT2D eigenvalue weighted by molar-refractivity contribution is 6.00. The lowest BCUT2D eigenvalue weighted by Crippen LogP contribution is -1.96.